The first kappa shape index (κ1) is 15.6. The highest BCUT2D eigenvalue weighted by atomic mass is 16.5. The van der Waals surface area contributed by atoms with Crippen molar-refractivity contribution in [3.63, 3.8) is 0 Å². The summed E-state index contributed by atoms with van der Waals surface area (Å²) < 4.78 is 10.7. The molecule has 5 heteroatoms. The van der Waals surface area contributed by atoms with Crippen LogP contribution in [0.25, 0.3) is 0 Å². The molecule has 0 spiro atoms. The molecule has 1 aromatic rings. The Labute approximate surface area is 125 Å². The molecule has 1 aliphatic carbocycles. The van der Waals surface area contributed by atoms with Gasteiger partial charge in [0, 0.05) is 12.1 Å². The number of hydrogen-bond donors (Lipinski definition) is 2. The second-order valence-corrected chi connectivity index (χ2v) is 5.41. The van der Waals surface area contributed by atoms with Crippen LogP contribution in [0.1, 0.15) is 43.0 Å². The van der Waals surface area contributed by atoms with Crippen molar-refractivity contribution in [2.24, 2.45) is 0 Å². The molecule has 1 aliphatic rings. The third-order valence-corrected chi connectivity index (χ3v) is 3.84. The standard InChI is InChI=1S/C16H23NO4/c1-3-21-13-7-6-12(10-14(13)20-2)15(18)17-11-16(19)8-4-5-9-16/h6-7,10,19H,3-5,8-9,11H2,1-2H3,(H,17,18). The van der Waals surface area contributed by atoms with E-state index in [0.717, 1.165) is 25.7 Å². The fourth-order valence-electron chi connectivity index (χ4n) is 2.64. The molecule has 0 aliphatic heterocycles. The average molecular weight is 293 g/mol. The lowest BCUT2D eigenvalue weighted by Gasteiger charge is -2.22. The van der Waals surface area contributed by atoms with Crippen LogP contribution in [0.3, 0.4) is 0 Å². The Morgan fingerprint density at radius 2 is 2.05 bits per heavy atom. The summed E-state index contributed by atoms with van der Waals surface area (Å²) in [4.78, 5) is 12.2. The van der Waals surface area contributed by atoms with Gasteiger partial charge in [-0.1, -0.05) is 12.8 Å². The van der Waals surface area contributed by atoms with Gasteiger partial charge in [-0.25, -0.2) is 0 Å². The lowest BCUT2D eigenvalue weighted by Crippen LogP contribution is -2.40. The molecule has 0 aromatic heterocycles. The van der Waals surface area contributed by atoms with Crippen molar-refractivity contribution < 1.29 is 19.4 Å². The second-order valence-electron chi connectivity index (χ2n) is 5.41. The molecule has 1 aromatic carbocycles. The molecule has 0 unspecified atom stereocenters. The van der Waals surface area contributed by atoms with Crippen molar-refractivity contribution in [1.82, 2.24) is 5.32 Å². The number of ether oxygens (including phenoxy) is 2. The van der Waals surface area contributed by atoms with Crippen molar-refractivity contribution in [1.29, 1.82) is 0 Å². The van der Waals surface area contributed by atoms with Gasteiger partial charge in [-0.15, -0.1) is 0 Å². The maximum Gasteiger partial charge on any atom is 0.251 e. The molecule has 0 bridgehead atoms. The molecule has 0 saturated heterocycles. The zero-order chi connectivity index (χ0) is 15.3. The van der Waals surface area contributed by atoms with Gasteiger partial charge in [0.25, 0.3) is 5.91 Å². The predicted molar refractivity (Wildman–Crippen MR) is 79.9 cm³/mol. The summed E-state index contributed by atoms with van der Waals surface area (Å²) in [6.45, 7) is 2.72. The summed E-state index contributed by atoms with van der Waals surface area (Å²) in [5, 5.41) is 13.0. The fourth-order valence-corrected chi connectivity index (χ4v) is 2.64. The van der Waals surface area contributed by atoms with E-state index in [1.54, 1.807) is 25.3 Å². The maximum atomic E-state index is 12.2. The van der Waals surface area contributed by atoms with Crippen LogP contribution in [0.5, 0.6) is 11.5 Å². The molecule has 1 saturated carbocycles. The van der Waals surface area contributed by atoms with Crippen LogP contribution >= 0.6 is 0 Å². The summed E-state index contributed by atoms with van der Waals surface area (Å²) in [6.07, 6.45) is 3.53. The lowest BCUT2D eigenvalue weighted by atomic mass is 10.0. The van der Waals surface area contributed by atoms with E-state index in [1.165, 1.54) is 0 Å². The highest BCUT2D eigenvalue weighted by Gasteiger charge is 2.31. The van der Waals surface area contributed by atoms with E-state index in [-0.39, 0.29) is 5.91 Å². The predicted octanol–water partition coefficient (Wildman–Crippen LogP) is 2.13. The third-order valence-electron chi connectivity index (χ3n) is 3.84. The van der Waals surface area contributed by atoms with Gasteiger partial charge in [0.05, 0.1) is 19.3 Å². The van der Waals surface area contributed by atoms with Crippen LogP contribution in [0.4, 0.5) is 0 Å². The summed E-state index contributed by atoms with van der Waals surface area (Å²) in [7, 11) is 1.54. The summed E-state index contributed by atoms with van der Waals surface area (Å²) in [5.41, 5.74) is -0.248. The van der Waals surface area contributed by atoms with Gasteiger partial charge in [0.2, 0.25) is 0 Å². The highest BCUT2D eigenvalue weighted by Crippen LogP contribution is 2.30. The van der Waals surface area contributed by atoms with E-state index in [9.17, 15) is 9.90 Å². The van der Waals surface area contributed by atoms with Gasteiger partial charge in [0.1, 0.15) is 0 Å². The van der Waals surface area contributed by atoms with Crippen molar-refractivity contribution in [3.05, 3.63) is 23.8 Å². The number of hydrogen-bond acceptors (Lipinski definition) is 4. The van der Waals surface area contributed by atoms with Gasteiger partial charge < -0.3 is 19.9 Å². The Morgan fingerprint density at radius 3 is 2.67 bits per heavy atom. The Hall–Kier alpha value is -1.75. The van der Waals surface area contributed by atoms with Gasteiger partial charge in [-0.2, -0.15) is 0 Å². The largest absolute Gasteiger partial charge is 0.493 e. The number of methoxy groups -OCH3 is 1. The third kappa shape index (κ3) is 3.88. The number of amides is 1. The quantitative estimate of drug-likeness (QED) is 0.843. The van der Waals surface area contributed by atoms with Crippen LogP contribution < -0.4 is 14.8 Å². The van der Waals surface area contributed by atoms with Gasteiger partial charge >= 0.3 is 0 Å². The van der Waals surface area contributed by atoms with Crippen LogP contribution in [-0.4, -0.2) is 36.9 Å². The van der Waals surface area contributed by atoms with Crippen molar-refractivity contribution in [3.8, 4) is 11.5 Å². The Kier molecular flexibility index (Phi) is 5.07. The number of benzene rings is 1. The molecule has 0 atom stereocenters. The fraction of sp³-hybridized carbons (Fsp3) is 0.562. The minimum Gasteiger partial charge on any atom is -0.493 e. The minimum absolute atomic E-state index is 0.211. The Balaban J connectivity index is 2.01. The van der Waals surface area contributed by atoms with E-state index in [4.69, 9.17) is 9.47 Å². The monoisotopic (exact) mass is 293 g/mol. The average Bonchev–Trinajstić information content (AvgIpc) is 2.93. The van der Waals surface area contributed by atoms with E-state index in [0.29, 0.717) is 30.2 Å². The van der Waals surface area contributed by atoms with E-state index >= 15 is 0 Å². The number of rotatable bonds is 6. The Morgan fingerprint density at radius 1 is 1.33 bits per heavy atom. The van der Waals surface area contributed by atoms with Crippen molar-refractivity contribution in [2.45, 2.75) is 38.2 Å². The smallest absolute Gasteiger partial charge is 0.251 e. The first-order valence-electron chi connectivity index (χ1n) is 7.39. The minimum atomic E-state index is -0.745. The number of nitrogens with one attached hydrogen (secondary N) is 1. The molecule has 1 amide bonds. The molecular formula is C16H23NO4. The normalized spacial score (nSPS) is 16.5. The first-order valence-corrected chi connectivity index (χ1v) is 7.39. The van der Waals surface area contributed by atoms with Gasteiger partial charge in [0.15, 0.2) is 11.5 Å². The van der Waals surface area contributed by atoms with Crippen LogP contribution in [0, 0.1) is 0 Å². The molecule has 21 heavy (non-hydrogen) atoms. The lowest BCUT2D eigenvalue weighted by molar-refractivity contribution is 0.0449. The topological polar surface area (TPSA) is 67.8 Å². The zero-order valence-corrected chi connectivity index (χ0v) is 12.6. The van der Waals surface area contributed by atoms with Crippen molar-refractivity contribution >= 4 is 5.91 Å². The van der Waals surface area contributed by atoms with Gasteiger partial charge in [-0.05, 0) is 38.0 Å². The summed E-state index contributed by atoms with van der Waals surface area (Å²) in [5.74, 6) is 0.937. The zero-order valence-electron chi connectivity index (χ0n) is 12.6. The summed E-state index contributed by atoms with van der Waals surface area (Å²) in [6, 6.07) is 5.07. The number of aliphatic hydroxyl groups is 1. The second kappa shape index (κ2) is 6.80. The first-order chi connectivity index (χ1) is 10.1. The van der Waals surface area contributed by atoms with Crippen molar-refractivity contribution in [2.75, 3.05) is 20.3 Å². The molecular weight excluding hydrogens is 270 g/mol. The molecule has 116 valence electrons. The molecule has 1 fully saturated rings. The maximum absolute atomic E-state index is 12.2. The Bertz CT molecular complexity index is 495. The van der Waals surface area contributed by atoms with E-state index in [1.807, 2.05) is 6.92 Å². The number of carbonyl (C=O) groups is 1. The highest BCUT2D eigenvalue weighted by molar-refractivity contribution is 5.94. The van der Waals surface area contributed by atoms with E-state index in [2.05, 4.69) is 5.32 Å². The molecule has 2 N–H and O–H groups in total. The van der Waals surface area contributed by atoms with E-state index < -0.39 is 5.60 Å². The van der Waals surface area contributed by atoms with Gasteiger partial charge in [-0.3, -0.25) is 4.79 Å². The van der Waals surface area contributed by atoms with Crippen LogP contribution in [0.2, 0.25) is 0 Å². The summed E-state index contributed by atoms with van der Waals surface area (Å²) >= 11 is 0. The number of carbonyl (C=O) groups excluding carboxylic acids is 1. The molecule has 0 heterocycles. The van der Waals surface area contributed by atoms with Crippen LogP contribution in [-0.2, 0) is 0 Å². The SMILES string of the molecule is CCOc1ccc(C(=O)NCC2(O)CCCC2)cc1OC. The molecule has 5 nitrogen and oxygen atoms in total. The molecule has 0 radical (unpaired) electrons. The van der Waals surface area contributed by atoms with Crippen LogP contribution in [0.15, 0.2) is 18.2 Å². The molecule has 2 rings (SSSR count).